The lowest BCUT2D eigenvalue weighted by Gasteiger charge is -2.11. The molecule has 1 N–H and O–H groups in total. The second kappa shape index (κ2) is 6.09. The first-order valence-electron chi connectivity index (χ1n) is 8.94. The molecule has 6 heteroatoms. The van der Waals surface area contributed by atoms with Gasteiger partial charge in [-0.1, -0.05) is 6.07 Å². The predicted molar refractivity (Wildman–Crippen MR) is 103 cm³/mol. The smallest absolute Gasteiger partial charge is 0.186 e. The van der Waals surface area contributed by atoms with Crippen LogP contribution in [0.25, 0.3) is 33.4 Å². The Hall–Kier alpha value is -3.41. The Kier molecular flexibility index (Phi) is 3.57. The summed E-state index contributed by atoms with van der Waals surface area (Å²) in [7, 11) is 1.54. The Bertz CT molecular complexity index is 1150. The van der Waals surface area contributed by atoms with Crippen LogP contribution in [0.4, 0.5) is 0 Å². The topological polar surface area (TPSA) is 73.1 Å². The minimum Gasteiger partial charge on any atom is -0.504 e. The van der Waals surface area contributed by atoms with E-state index in [4.69, 9.17) is 9.84 Å². The fourth-order valence-electron chi connectivity index (χ4n) is 3.90. The molecule has 27 heavy (non-hydrogen) atoms. The number of aromatic hydroxyl groups is 1. The molecule has 4 aromatic rings. The molecule has 0 radical (unpaired) electrons. The van der Waals surface area contributed by atoms with Gasteiger partial charge in [-0.25, -0.2) is 0 Å². The van der Waals surface area contributed by atoms with Gasteiger partial charge < -0.3 is 9.84 Å². The highest BCUT2D eigenvalue weighted by atomic mass is 16.5. The van der Waals surface area contributed by atoms with Crippen LogP contribution in [0.5, 0.6) is 11.5 Å². The molecular formula is C21H18N4O2. The first-order valence-corrected chi connectivity index (χ1v) is 8.94. The van der Waals surface area contributed by atoms with Gasteiger partial charge in [0.1, 0.15) is 11.2 Å². The van der Waals surface area contributed by atoms with E-state index in [0.29, 0.717) is 11.3 Å². The number of methoxy groups -OCH3 is 1. The van der Waals surface area contributed by atoms with E-state index >= 15 is 0 Å². The van der Waals surface area contributed by atoms with Gasteiger partial charge in [0, 0.05) is 35.6 Å². The van der Waals surface area contributed by atoms with Crippen molar-refractivity contribution in [1.82, 2.24) is 19.7 Å². The molecule has 6 nitrogen and oxygen atoms in total. The normalized spacial score (nSPS) is 13.1. The largest absolute Gasteiger partial charge is 0.504 e. The quantitative estimate of drug-likeness (QED) is 0.603. The van der Waals surface area contributed by atoms with Crippen LogP contribution in [0.1, 0.15) is 12.1 Å². The van der Waals surface area contributed by atoms with Crippen LogP contribution in [0.2, 0.25) is 0 Å². The van der Waals surface area contributed by atoms with E-state index in [1.165, 1.54) is 5.69 Å². The molecule has 1 aromatic carbocycles. The van der Waals surface area contributed by atoms with Crippen molar-refractivity contribution in [3.8, 4) is 34.0 Å². The lowest BCUT2D eigenvalue weighted by atomic mass is 9.96. The minimum atomic E-state index is 0.0832. The number of fused-ring (bicyclic) bond motifs is 2. The maximum atomic E-state index is 10.1. The standard InChI is InChI=1S/C21H18N4O2/c1-27-21-17(26)8-7-14-13(9-11-23-19(14)21)18-16-6-4-12-25(16)24-20(18)15-5-2-3-10-22-15/h2-3,5,7-11,26H,4,6,12H2,1H3. The minimum absolute atomic E-state index is 0.0832. The summed E-state index contributed by atoms with van der Waals surface area (Å²) in [4.78, 5) is 8.97. The molecule has 5 rings (SSSR count). The number of phenolic OH excluding ortho intramolecular Hbond substituents is 1. The number of nitrogens with zero attached hydrogens (tertiary/aromatic N) is 4. The zero-order valence-corrected chi connectivity index (χ0v) is 14.9. The molecule has 0 fully saturated rings. The highest BCUT2D eigenvalue weighted by molar-refractivity contribution is 6.01. The number of rotatable bonds is 3. The van der Waals surface area contributed by atoms with Crippen molar-refractivity contribution >= 4 is 10.9 Å². The van der Waals surface area contributed by atoms with Crippen molar-refractivity contribution in [1.29, 1.82) is 0 Å². The van der Waals surface area contributed by atoms with Crippen molar-refractivity contribution in [2.75, 3.05) is 7.11 Å². The average molecular weight is 358 g/mol. The van der Waals surface area contributed by atoms with Gasteiger partial charge in [-0.3, -0.25) is 14.6 Å². The number of hydrogen-bond acceptors (Lipinski definition) is 5. The van der Waals surface area contributed by atoms with Gasteiger partial charge in [0.2, 0.25) is 0 Å². The lowest BCUT2D eigenvalue weighted by molar-refractivity contribution is 0.377. The Balaban J connectivity index is 1.84. The number of ether oxygens (including phenoxy) is 1. The van der Waals surface area contributed by atoms with Crippen LogP contribution in [0.15, 0.2) is 48.8 Å². The molecule has 3 aromatic heterocycles. The average Bonchev–Trinajstić information content (AvgIpc) is 3.29. The Morgan fingerprint density at radius 2 is 2.00 bits per heavy atom. The van der Waals surface area contributed by atoms with E-state index in [9.17, 15) is 5.11 Å². The van der Waals surface area contributed by atoms with Gasteiger partial charge in [-0.15, -0.1) is 0 Å². The van der Waals surface area contributed by atoms with Crippen molar-refractivity contribution < 1.29 is 9.84 Å². The van der Waals surface area contributed by atoms with E-state index in [0.717, 1.165) is 47.3 Å². The van der Waals surface area contributed by atoms with Crippen molar-refractivity contribution in [3.05, 3.63) is 54.5 Å². The van der Waals surface area contributed by atoms with Gasteiger partial charge in [-0.05, 0) is 48.7 Å². The zero-order chi connectivity index (χ0) is 18.4. The van der Waals surface area contributed by atoms with E-state index < -0.39 is 0 Å². The van der Waals surface area contributed by atoms with E-state index in [-0.39, 0.29) is 5.75 Å². The number of hydrogen-bond donors (Lipinski definition) is 1. The molecule has 4 heterocycles. The molecule has 0 atom stereocenters. The Labute approximate surface area is 156 Å². The van der Waals surface area contributed by atoms with Crippen molar-refractivity contribution in [3.63, 3.8) is 0 Å². The molecule has 0 saturated carbocycles. The van der Waals surface area contributed by atoms with Gasteiger partial charge in [0.15, 0.2) is 11.5 Å². The van der Waals surface area contributed by atoms with Gasteiger partial charge in [0.05, 0.1) is 12.8 Å². The van der Waals surface area contributed by atoms with Gasteiger partial charge in [-0.2, -0.15) is 5.10 Å². The second-order valence-electron chi connectivity index (χ2n) is 6.58. The van der Waals surface area contributed by atoms with Crippen LogP contribution in [-0.4, -0.2) is 32.0 Å². The van der Waals surface area contributed by atoms with Crippen LogP contribution in [-0.2, 0) is 13.0 Å². The van der Waals surface area contributed by atoms with E-state index in [2.05, 4.69) is 14.6 Å². The highest BCUT2D eigenvalue weighted by Gasteiger charge is 2.26. The van der Waals surface area contributed by atoms with E-state index in [1.54, 1.807) is 25.6 Å². The lowest BCUT2D eigenvalue weighted by Crippen LogP contribution is -1.94. The zero-order valence-electron chi connectivity index (χ0n) is 14.9. The summed E-state index contributed by atoms with van der Waals surface area (Å²) in [6, 6.07) is 11.4. The number of pyridine rings is 2. The molecule has 0 bridgehead atoms. The molecule has 1 aliphatic rings. The summed E-state index contributed by atoms with van der Waals surface area (Å²) in [5.74, 6) is 0.470. The first kappa shape index (κ1) is 15.8. The molecule has 0 saturated heterocycles. The number of aryl methyl sites for hydroxylation is 1. The maximum absolute atomic E-state index is 10.1. The molecular weight excluding hydrogens is 340 g/mol. The Morgan fingerprint density at radius 3 is 2.81 bits per heavy atom. The van der Waals surface area contributed by atoms with Gasteiger partial charge >= 0.3 is 0 Å². The Morgan fingerprint density at radius 1 is 1.07 bits per heavy atom. The van der Waals surface area contributed by atoms with Crippen molar-refractivity contribution in [2.24, 2.45) is 0 Å². The fraction of sp³-hybridized carbons (Fsp3) is 0.190. The third kappa shape index (κ3) is 2.37. The fourth-order valence-corrected chi connectivity index (χ4v) is 3.90. The highest BCUT2D eigenvalue weighted by Crippen LogP contribution is 2.42. The number of benzene rings is 1. The van der Waals surface area contributed by atoms with Crippen LogP contribution >= 0.6 is 0 Å². The third-order valence-electron chi connectivity index (χ3n) is 5.07. The van der Waals surface area contributed by atoms with Crippen LogP contribution < -0.4 is 4.74 Å². The summed E-state index contributed by atoms with van der Waals surface area (Å²) < 4.78 is 7.48. The monoisotopic (exact) mass is 358 g/mol. The SMILES string of the molecule is COc1c(O)ccc2c(-c3c(-c4ccccn4)nn4c3CCC4)ccnc12. The number of aromatic nitrogens is 4. The predicted octanol–water partition coefficient (Wildman–Crippen LogP) is 3.82. The molecule has 134 valence electrons. The number of phenols is 1. The van der Waals surface area contributed by atoms with Crippen LogP contribution in [0.3, 0.4) is 0 Å². The van der Waals surface area contributed by atoms with Crippen LogP contribution in [0, 0.1) is 0 Å². The molecule has 0 spiro atoms. The van der Waals surface area contributed by atoms with Crippen molar-refractivity contribution in [2.45, 2.75) is 19.4 Å². The molecule has 1 aliphatic heterocycles. The molecule has 0 aliphatic carbocycles. The third-order valence-corrected chi connectivity index (χ3v) is 5.07. The molecule has 0 unspecified atom stereocenters. The second-order valence-corrected chi connectivity index (χ2v) is 6.58. The maximum Gasteiger partial charge on any atom is 0.186 e. The first-order chi connectivity index (χ1) is 13.3. The summed E-state index contributed by atoms with van der Waals surface area (Å²) in [5, 5.41) is 15.9. The molecule has 0 amide bonds. The summed E-state index contributed by atoms with van der Waals surface area (Å²) in [5.41, 5.74) is 5.71. The summed E-state index contributed by atoms with van der Waals surface area (Å²) >= 11 is 0. The van der Waals surface area contributed by atoms with E-state index in [1.807, 2.05) is 30.3 Å². The summed E-state index contributed by atoms with van der Waals surface area (Å²) in [6.45, 7) is 0.919. The van der Waals surface area contributed by atoms with Gasteiger partial charge in [0.25, 0.3) is 0 Å². The summed E-state index contributed by atoms with van der Waals surface area (Å²) in [6.07, 6.45) is 5.61.